The summed E-state index contributed by atoms with van der Waals surface area (Å²) in [4.78, 5) is 4.18. The standard InChI is InChI=1S/C7H12N2/c1-6-3-7(4-8-2)5-9-6/h3,5-6,8H,4H2,1-2H3. The second-order valence-corrected chi connectivity index (χ2v) is 2.29. The second kappa shape index (κ2) is 2.78. The highest BCUT2D eigenvalue weighted by Gasteiger charge is 2.02. The number of nitrogens with one attached hydrogen (secondary N) is 1. The molecule has 2 heteroatoms. The lowest BCUT2D eigenvalue weighted by atomic mass is 10.2. The first-order chi connectivity index (χ1) is 4.33. The van der Waals surface area contributed by atoms with Gasteiger partial charge in [0.15, 0.2) is 0 Å². The smallest absolute Gasteiger partial charge is 0.0658 e. The fourth-order valence-corrected chi connectivity index (χ4v) is 0.918. The van der Waals surface area contributed by atoms with Crippen LogP contribution in [0.2, 0.25) is 0 Å². The summed E-state index contributed by atoms with van der Waals surface area (Å²) in [5, 5.41) is 3.07. The molecule has 0 amide bonds. The van der Waals surface area contributed by atoms with E-state index in [1.165, 1.54) is 5.57 Å². The van der Waals surface area contributed by atoms with Gasteiger partial charge in [0.1, 0.15) is 0 Å². The van der Waals surface area contributed by atoms with Gasteiger partial charge in [-0.1, -0.05) is 6.08 Å². The Morgan fingerprint density at radius 1 is 1.78 bits per heavy atom. The molecule has 0 bridgehead atoms. The quantitative estimate of drug-likeness (QED) is 0.573. The maximum atomic E-state index is 4.18. The average Bonchev–Trinajstić information content (AvgIpc) is 2.17. The lowest BCUT2D eigenvalue weighted by molar-refractivity contribution is 0.896. The van der Waals surface area contributed by atoms with E-state index in [9.17, 15) is 0 Å². The molecule has 0 aromatic rings. The molecule has 0 aromatic heterocycles. The van der Waals surface area contributed by atoms with Crippen molar-refractivity contribution in [3.8, 4) is 0 Å². The van der Waals surface area contributed by atoms with Crippen LogP contribution in [-0.2, 0) is 0 Å². The van der Waals surface area contributed by atoms with Crippen LogP contribution < -0.4 is 5.32 Å². The molecule has 9 heavy (non-hydrogen) atoms. The third-order valence-corrected chi connectivity index (χ3v) is 1.31. The lowest BCUT2D eigenvalue weighted by Crippen LogP contribution is -2.10. The summed E-state index contributed by atoms with van der Waals surface area (Å²) in [5.74, 6) is 0. The Kier molecular flexibility index (Phi) is 2.01. The molecule has 50 valence electrons. The summed E-state index contributed by atoms with van der Waals surface area (Å²) in [7, 11) is 1.94. The first-order valence-corrected chi connectivity index (χ1v) is 3.21. The number of hydrogen-bond acceptors (Lipinski definition) is 2. The second-order valence-electron chi connectivity index (χ2n) is 2.29. The van der Waals surface area contributed by atoms with Crippen molar-refractivity contribution in [2.24, 2.45) is 4.99 Å². The predicted molar refractivity (Wildman–Crippen MR) is 40.0 cm³/mol. The van der Waals surface area contributed by atoms with Crippen molar-refractivity contribution < 1.29 is 0 Å². The van der Waals surface area contributed by atoms with E-state index in [1.54, 1.807) is 0 Å². The zero-order chi connectivity index (χ0) is 6.69. The number of likely N-dealkylation sites (N-methyl/N-ethyl adjacent to an activating group) is 1. The van der Waals surface area contributed by atoms with Gasteiger partial charge in [0.25, 0.3) is 0 Å². The van der Waals surface area contributed by atoms with Gasteiger partial charge in [0.05, 0.1) is 6.04 Å². The summed E-state index contributed by atoms with van der Waals surface area (Å²) in [5.41, 5.74) is 1.30. The van der Waals surface area contributed by atoms with Crippen molar-refractivity contribution >= 4 is 6.21 Å². The molecule has 1 aliphatic heterocycles. The van der Waals surface area contributed by atoms with E-state index in [2.05, 4.69) is 23.3 Å². The molecule has 2 nitrogen and oxygen atoms in total. The molecule has 1 N–H and O–H groups in total. The van der Waals surface area contributed by atoms with Crippen LogP contribution in [0, 0.1) is 0 Å². The van der Waals surface area contributed by atoms with E-state index in [1.807, 2.05) is 13.3 Å². The van der Waals surface area contributed by atoms with Crippen molar-refractivity contribution in [3.05, 3.63) is 11.6 Å². The summed E-state index contributed by atoms with van der Waals surface area (Å²) in [6.07, 6.45) is 4.09. The molecule has 1 aliphatic rings. The molecule has 1 unspecified atom stereocenters. The van der Waals surface area contributed by atoms with Crippen LogP contribution >= 0.6 is 0 Å². The van der Waals surface area contributed by atoms with E-state index in [4.69, 9.17) is 0 Å². The average molecular weight is 124 g/mol. The predicted octanol–water partition coefficient (Wildman–Crippen LogP) is 0.605. The van der Waals surface area contributed by atoms with Crippen LogP contribution in [0.25, 0.3) is 0 Å². The number of hydrogen-bond donors (Lipinski definition) is 1. The third kappa shape index (κ3) is 1.64. The first kappa shape index (κ1) is 6.49. The maximum Gasteiger partial charge on any atom is 0.0658 e. The molecule has 0 aromatic carbocycles. The van der Waals surface area contributed by atoms with Crippen LogP contribution in [0.4, 0.5) is 0 Å². The number of rotatable bonds is 2. The Labute approximate surface area is 55.7 Å². The highest BCUT2D eigenvalue weighted by atomic mass is 14.8. The Morgan fingerprint density at radius 3 is 3.00 bits per heavy atom. The zero-order valence-corrected chi connectivity index (χ0v) is 5.89. The lowest BCUT2D eigenvalue weighted by Gasteiger charge is -1.93. The Balaban J connectivity index is 2.44. The van der Waals surface area contributed by atoms with Crippen molar-refractivity contribution in [3.63, 3.8) is 0 Å². The van der Waals surface area contributed by atoms with Gasteiger partial charge in [-0.3, -0.25) is 4.99 Å². The Morgan fingerprint density at radius 2 is 2.56 bits per heavy atom. The highest BCUT2D eigenvalue weighted by Crippen LogP contribution is 2.04. The molecule has 0 saturated carbocycles. The molecule has 0 radical (unpaired) electrons. The van der Waals surface area contributed by atoms with Crippen LogP contribution in [0.5, 0.6) is 0 Å². The molecule has 0 aliphatic carbocycles. The van der Waals surface area contributed by atoms with Crippen LogP contribution in [0.3, 0.4) is 0 Å². The van der Waals surface area contributed by atoms with Gasteiger partial charge in [-0.2, -0.15) is 0 Å². The van der Waals surface area contributed by atoms with Gasteiger partial charge in [-0.05, 0) is 19.5 Å². The van der Waals surface area contributed by atoms with Crippen LogP contribution in [0.1, 0.15) is 6.92 Å². The van der Waals surface area contributed by atoms with E-state index >= 15 is 0 Å². The van der Waals surface area contributed by atoms with E-state index < -0.39 is 0 Å². The SMILES string of the molecule is CNCC1=CC(C)N=C1. The minimum absolute atomic E-state index is 0.397. The zero-order valence-electron chi connectivity index (χ0n) is 5.89. The molecular formula is C7H12N2. The monoisotopic (exact) mass is 124 g/mol. The van der Waals surface area contributed by atoms with Crippen molar-refractivity contribution in [1.29, 1.82) is 0 Å². The molecular weight excluding hydrogens is 112 g/mol. The van der Waals surface area contributed by atoms with E-state index in [0.717, 1.165) is 6.54 Å². The molecule has 0 fully saturated rings. The van der Waals surface area contributed by atoms with Crippen molar-refractivity contribution in [2.45, 2.75) is 13.0 Å². The molecule has 1 atom stereocenters. The van der Waals surface area contributed by atoms with Gasteiger partial charge in [0, 0.05) is 12.8 Å². The normalized spacial score (nSPS) is 24.7. The molecule has 0 saturated heterocycles. The van der Waals surface area contributed by atoms with Crippen LogP contribution in [0.15, 0.2) is 16.6 Å². The van der Waals surface area contributed by atoms with E-state index in [-0.39, 0.29) is 0 Å². The summed E-state index contributed by atoms with van der Waals surface area (Å²) < 4.78 is 0. The Bertz CT molecular complexity index is 147. The van der Waals surface area contributed by atoms with Gasteiger partial charge in [-0.15, -0.1) is 0 Å². The minimum Gasteiger partial charge on any atom is -0.316 e. The highest BCUT2D eigenvalue weighted by molar-refractivity contribution is 5.81. The Hall–Kier alpha value is -0.630. The maximum absolute atomic E-state index is 4.18. The molecule has 0 spiro atoms. The van der Waals surface area contributed by atoms with Gasteiger partial charge in [-0.25, -0.2) is 0 Å². The number of nitrogens with zero attached hydrogens (tertiary/aromatic N) is 1. The minimum atomic E-state index is 0.397. The fourth-order valence-electron chi connectivity index (χ4n) is 0.918. The third-order valence-electron chi connectivity index (χ3n) is 1.31. The fraction of sp³-hybridized carbons (Fsp3) is 0.571. The van der Waals surface area contributed by atoms with Gasteiger partial charge < -0.3 is 5.32 Å². The first-order valence-electron chi connectivity index (χ1n) is 3.21. The van der Waals surface area contributed by atoms with Crippen molar-refractivity contribution in [1.82, 2.24) is 5.32 Å². The van der Waals surface area contributed by atoms with Gasteiger partial charge >= 0.3 is 0 Å². The summed E-state index contributed by atoms with van der Waals surface area (Å²) in [6, 6.07) is 0.397. The van der Waals surface area contributed by atoms with Gasteiger partial charge in [0.2, 0.25) is 0 Å². The summed E-state index contributed by atoms with van der Waals surface area (Å²) >= 11 is 0. The number of aliphatic imine (C=N–C) groups is 1. The topological polar surface area (TPSA) is 24.4 Å². The van der Waals surface area contributed by atoms with Crippen molar-refractivity contribution in [2.75, 3.05) is 13.6 Å². The molecule has 1 heterocycles. The largest absolute Gasteiger partial charge is 0.316 e. The molecule has 1 rings (SSSR count). The summed E-state index contributed by atoms with van der Waals surface area (Å²) in [6.45, 7) is 3.02. The van der Waals surface area contributed by atoms with E-state index in [0.29, 0.717) is 6.04 Å². The van der Waals surface area contributed by atoms with Crippen LogP contribution in [-0.4, -0.2) is 25.8 Å².